The minimum absolute atomic E-state index is 0.107. The highest BCUT2D eigenvalue weighted by Gasteiger charge is 2.60. The van der Waals surface area contributed by atoms with E-state index in [0.717, 1.165) is 11.3 Å². The number of imide groups is 1. The highest BCUT2D eigenvalue weighted by atomic mass is 16.3. The lowest BCUT2D eigenvalue weighted by Crippen LogP contribution is -2.33. The van der Waals surface area contributed by atoms with Crippen LogP contribution in [0.15, 0.2) is 35.0 Å². The predicted molar refractivity (Wildman–Crippen MR) is 74.3 cm³/mol. The summed E-state index contributed by atoms with van der Waals surface area (Å²) in [6.07, 6.45) is 6.56. The molecule has 2 amide bonds. The number of hydrogen-bond donors (Lipinski definition) is 1. The molecule has 2 aromatic heterocycles. The number of carbonyl (C=O) groups excluding carboxylic acids is 2. The quantitative estimate of drug-likeness (QED) is 0.667. The molecule has 1 aliphatic heterocycles. The molecule has 4 atom stereocenters. The van der Waals surface area contributed by atoms with E-state index in [1.807, 2.05) is 0 Å². The van der Waals surface area contributed by atoms with Gasteiger partial charge in [0.05, 0.1) is 18.1 Å². The van der Waals surface area contributed by atoms with E-state index in [-0.39, 0.29) is 41.4 Å². The summed E-state index contributed by atoms with van der Waals surface area (Å²) >= 11 is 0. The molecule has 1 saturated heterocycles. The van der Waals surface area contributed by atoms with E-state index in [9.17, 15) is 9.59 Å². The SMILES string of the molecule is O=C1[C@@H]2[C@@H](C(=O)N1c1n[nH]c(-c3ccco3)n1)[C@@H]1C=C[C@@H]2C1. The number of H-pyrrole nitrogens is 1. The van der Waals surface area contributed by atoms with Crippen molar-refractivity contribution in [1.82, 2.24) is 15.2 Å². The molecule has 0 aromatic carbocycles. The smallest absolute Gasteiger partial charge is 0.258 e. The number of rotatable bonds is 2. The maximum atomic E-state index is 12.6. The van der Waals surface area contributed by atoms with Crippen LogP contribution in [-0.2, 0) is 9.59 Å². The summed E-state index contributed by atoms with van der Waals surface area (Å²) in [5.41, 5.74) is 0. The fourth-order valence-corrected chi connectivity index (χ4v) is 3.98. The number of aromatic nitrogens is 3. The third kappa shape index (κ3) is 1.35. The Kier molecular flexibility index (Phi) is 2.13. The summed E-state index contributed by atoms with van der Waals surface area (Å²) in [7, 11) is 0. The largest absolute Gasteiger partial charge is 0.461 e. The molecule has 2 aliphatic carbocycles. The van der Waals surface area contributed by atoms with Crippen molar-refractivity contribution in [3.05, 3.63) is 30.5 Å². The average Bonchev–Trinajstić information content (AvgIpc) is 3.28. The number of nitrogens with one attached hydrogen (secondary N) is 1. The van der Waals surface area contributed by atoms with Gasteiger partial charge in [0.2, 0.25) is 11.8 Å². The average molecular weight is 296 g/mol. The summed E-state index contributed by atoms with van der Waals surface area (Å²) in [6.45, 7) is 0. The standard InChI is InChI=1S/C15H12N4O3/c20-13-10-7-3-4-8(6-7)11(10)14(21)19(13)15-16-12(17-18-15)9-2-1-5-22-9/h1-5,7-8,10-11H,6H2,(H,16,17,18)/t7-,8-,10+,11+/m1/s1. The fraction of sp³-hybridized carbons (Fsp3) is 0.333. The molecule has 0 unspecified atom stereocenters. The van der Waals surface area contributed by atoms with Crippen LogP contribution in [0.5, 0.6) is 0 Å². The molecule has 1 N–H and O–H groups in total. The van der Waals surface area contributed by atoms with Crippen molar-refractivity contribution in [2.75, 3.05) is 4.90 Å². The lowest BCUT2D eigenvalue weighted by atomic mass is 9.85. The highest BCUT2D eigenvalue weighted by Crippen LogP contribution is 2.52. The summed E-state index contributed by atoms with van der Waals surface area (Å²) in [5, 5.41) is 6.73. The van der Waals surface area contributed by atoms with Gasteiger partial charge in [0, 0.05) is 0 Å². The molecule has 2 bridgehead atoms. The number of anilines is 1. The molecule has 3 aliphatic rings. The van der Waals surface area contributed by atoms with Gasteiger partial charge in [0.15, 0.2) is 11.6 Å². The van der Waals surface area contributed by atoms with Gasteiger partial charge in [-0.05, 0) is 30.4 Å². The van der Waals surface area contributed by atoms with Crippen molar-refractivity contribution in [3.63, 3.8) is 0 Å². The minimum Gasteiger partial charge on any atom is -0.461 e. The first-order valence-electron chi connectivity index (χ1n) is 7.26. The second-order valence-electron chi connectivity index (χ2n) is 5.97. The van der Waals surface area contributed by atoms with Crippen molar-refractivity contribution >= 4 is 17.8 Å². The van der Waals surface area contributed by atoms with Crippen molar-refractivity contribution < 1.29 is 14.0 Å². The minimum atomic E-state index is -0.243. The summed E-state index contributed by atoms with van der Waals surface area (Å²) in [6, 6.07) is 3.47. The number of hydrogen-bond acceptors (Lipinski definition) is 5. The summed E-state index contributed by atoms with van der Waals surface area (Å²) in [5.74, 6) is 0.531. The van der Waals surface area contributed by atoms with Gasteiger partial charge < -0.3 is 4.42 Å². The highest BCUT2D eigenvalue weighted by molar-refractivity contribution is 6.21. The number of fused-ring (bicyclic) bond motifs is 5. The first-order chi connectivity index (χ1) is 10.7. The molecule has 7 nitrogen and oxygen atoms in total. The predicted octanol–water partition coefficient (Wildman–Crippen LogP) is 1.38. The zero-order valence-corrected chi connectivity index (χ0v) is 11.5. The molecule has 0 radical (unpaired) electrons. The van der Waals surface area contributed by atoms with E-state index >= 15 is 0 Å². The van der Waals surface area contributed by atoms with Crippen molar-refractivity contribution in [2.45, 2.75) is 6.42 Å². The molecule has 7 heteroatoms. The Morgan fingerprint density at radius 1 is 1.18 bits per heavy atom. The molecule has 1 saturated carbocycles. The molecule has 22 heavy (non-hydrogen) atoms. The second kappa shape index (κ2) is 3.94. The topological polar surface area (TPSA) is 92.1 Å². The number of allylic oxidation sites excluding steroid dienone is 2. The number of amides is 2. The van der Waals surface area contributed by atoms with Crippen LogP contribution in [0.2, 0.25) is 0 Å². The van der Waals surface area contributed by atoms with Gasteiger partial charge >= 0.3 is 0 Å². The number of aromatic amines is 1. The van der Waals surface area contributed by atoms with Crippen molar-refractivity contribution in [3.8, 4) is 11.6 Å². The molecule has 2 aromatic rings. The molecule has 0 spiro atoms. The van der Waals surface area contributed by atoms with Crippen LogP contribution in [0, 0.1) is 23.7 Å². The van der Waals surface area contributed by atoms with Crippen LogP contribution in [0.3, 0.4) is 0 Å². The zero-order valence-electron chi connectivity index (χ0n) is 11.5. The maximum Gasteiger partial charge on any atom is 0.258 e. The van der Waals surface area contributed by atoms with Gasteiger partial charge in [-0.3, -0.25) is 14.7 Å². The van der Waals surface area contributed by atoms with E-state index < -0.39 is 0 Å². The van der Waals surface area contributed by atoms with Gasteiger partial charge in [-0.25, -0.2) is 4.90 Å². The zero-order chi connectivity index (χ0) is 14.8. The Bertz CT molecular complexity index is 777. The monoisotopic (exact) mass is 296 g/mol. The van der Waals surface area contributed by atoms with Crippen molar-refractivity contribution in [1.29, 1.82) is 0 Å². The molecule has 5 rings (SSSR count). The fourth-order valence-electron chi connectivity index (χ4n) is 3.98. The summed E-state index contributed by atoms with van der Waals surface area (Å²) in [4.78, 5) is 30.6. The van der Waals surface area contributed by atoms with Crippen LogP contribution in [0.25, 0.3) is 11.6 Å². The van der Waals surface area contributed by atoms with Gasteiger partial charge in [0.25, 0.3) is 5.95 Å². The van der Waals surface area contributed by atoms with Gasteiger partial charge in [-0.15, -0.1) is 5.10 Å². The van der Waals surface area contributed by atoms with Crippen LogP contribution in [0.4, 0.5) is 5.95 Å². The third-order valence-corrected chi connectivity index (χ3v) is 4.90. The maximum absolute atomic E-state index is 12.6. The molecule has 110 valence electrons. The van der Waals surface area contributed by atoms with Gasteiger partial charge in [-0.2, -0.15) is 4.98 Å². The number of nitrogens with zero attached hydrogens (tertiary/aromatic N) is 3. The normalized spacial score (nSPS) is 32.3. The molecular formula is C15H12N4O3. The molecular weight excluding hydrogens is 284 g/mol. The van der Waals surface area contributed by atoms with Crippen LogP contribution in [-0.4, -0.2) is 27.0 Å². The lowest BCUT2D eigenvalue weighted by Gasteiger charge is -2.14. The second-order valence-corrected chi connectivity index (χ2v) is 5.97. The lowest BCUT2D eigenvalue weighted by molar-refractivity contribution is -0.123. The van der Waals surface area contributed by atoms with Crippen LogP contribution < -0.4 is 4.90 Å². The van der Waals surface area contributed by atoms with Gasteiger partial charge in [0.1, 0.15) is 0 Å². The Balaban J connectivity index is 1.52. The molecule has 3 heterocycles. The first kappa shape index (κ1) is 11.9. The van der Waals surface area contributed by atoms with Crippen LogP contribution in [0.1, 0.15) is 6.42 Å². The van der Waals surface area contributed by atoms with E-state index in [2.05, 4.69) is 27.3 Å². The number of furan rings is 1. The Hall–Kier alpha value is -2.70. The van der Waals surface area contributed by atoms with Crippen molar-refractivity contribution in [2.24, 2.45) is 23.7 Å². The summed E-state index contributed by atoms with van der Waals surface area (Å²) < 4.78 is 5.24. The van der Waals surface area contributed by atoms with E-state index in [1.54, 1.807) is 12.1 Å². The van der Waals surface area contributed by atoms with E-state index in [0.29, 0.717) is 11.6 Å². The Labute approximate surface area is 125 Å². The third-order valence-electron chi connectivity index (χ3n) is 4.90. The first-order valence-corrected chi connectivity index (χ1v) is 7.26. The Morgan fingerprint density at radius 2 is 1.91 bits per heavy atom. The Morgan fingerprint density at radius 3 is 2.55 bits per heavy atom. The van der Waals surface area contributed by atoms with Gasteiger partial charge in [-0.1, -0.05) is 12.2 Å². The van der Waals surface area contributed by atoms with Crippen LogP contribution >= 0.6 is 0 Å². The van der Waals surface area contributed by atoms with E-state index in [4.69, 9.17) is 4.42 Å². The number of carbonyl (C=O) groups is 2. The van der Waals surface area contributed by atoms with E-state index in [1.165, 1.54) is 6.26 Å². The molecule has 2 fully saturated rings.